The van der Waals surface area contributed by atoms with Gasteiger partial charge in [0.15, 0.2) is 4.32 Å². The molecule has 7 heteroatoms. The SMILES string of the molecule is O=C1C(=Cc2cc(Cl)ccc2OCCOc2ccccc2)SC(=S)N1c1ccccc1. The minimum absolute atomic E-state index is 0.167. The van der Waals surface area contributed by atoms with Gasteiger partial charge in [-0.2, -0.15) is 0 Å². The summed E-state index contributed by atoms with van der Waals surface area (Å²) in [5.74, 6) is 1.23. The first kappa shape index (κ1) is 21.4. The highest BCUT2D eigenvalue weighted by molar-refractivity contribution is 8.27. The van der Waals surface area contributed by atoms with Crippen molar-refractivity contribution in [1.29, 1.82) is 0 Å². The summed E-state index contributed by atoms with van der Waals surface area (Å²) in [4.78, 5) is 15.0. The summed E-state index contributed by atoms with van der Waals surface area (Å²) in [5.41, 5.74) is 1.45. The molecule has 0 spiro atoms. The number of amides is 1. The lowest BCUT2D eigenvalue weighted by Crippen LogP contribution is -2.27. The van der Waals surface area contributed by atoms with Gasteiger partial charge in [0.2, 0.25) is 0 Å². The van der Waals surface area contributed by atoms with Gasteiger partial charge in [-0.25, -0.2) is 0 Å². The van der Waals surface area contributed by atoms with Crippen molar-refractivity contribution in [2.45, 2.75) is 0 Å². The Labute approximate surface area is 195 Å². The number of benzene rings is 3. The largest absolute Gasteiger partial charge is 0.490 e. The molecule has 3 aromatic carbocycles. The van der Waals surface area contributed by atoms with Crippen molar-refractivity contribution in [2.75, 3.05) is 18.1 Å². The topological polar surface area (TPSA) is 38.8 Å². The minimum atomic E-state index is -0.167. The van der Waals surface area contributed by atoms with E-state index >= 15 is 0 Å². The fraction of sp³-hybridized carbons (Fsp3) is 0.0833. The van der Waals surface area contributed by atoms with E-state index in [1.165, 1.54) is 16.7 Å². The molecule has 1 saturated heterocycles. The summed E-state index contributed by atoms with van der Waals surface area (Å²) in [6.07, 6.45) is 1.77. The number of halogens is 1. The standard InChI is InChI=1S/C24H18ClNO3S2/c25-18-11-12-21(29-14-13-28-20-9-5-2-6-10-20)17(15-18)16-22-23(27)26(24(30)31-22)19-7-3-1-4-8-19/h1-12,15-16H,13-14H2. The van der Waals surface area contributed by atoms with Gasteiger partial charge in [-0.05, 0) is 48.5 Å². The highest BCUT2D eigenvalue weighted by atomic mass is 35.5. The number of carbonyl (C=O) groups excluding carboxylic acids is 1. The van der Waals surface area contributed by atoms with Crippen molar-refractivity contribution in [3.05, 3.63) is 94.4 Å². The van der Waals surface area contributed by atoms with Crippen LogP contribution in [0.3, 0.4) is 0 Å². The Balaban J connectivity index is 1.49. The molecule has 4 nitrogen and oxygen atoms in total. The average molecular weight is 468 g/mol. The Morgan fingerprint density at radius 2 is 1.61 bits per heavy atom. The Morgan fingerprint density at radius 3 is 2.35 bits per heavy atom. The third kappa shape index (κ3) is 5.28. The van der Waals surface area contributed by atoms with Gasteiger partial charge in [-0.3, -0.25) is 9.69 Å². The van der Waals surface area contributed by atoms with Crippen LogP contribution >= 0.6 is 35.6 Å². The molecule has 0 bridgehead atoms. The average Bonchev–Trinajstić information content (AvgIpc) is 3.06. The molecule has 3 aromatic rings. The molecule has 0 aliphatic carbocycles. The fourth-order valence-electron chi connectivity index (χ4n) is 3.00. The first-order valence-corrected chi connectivity index (χ1v) is 11.2. The van der Waals surface area contributed by atoms with Crippen molar-refractivity contribution >= 4 is 57.6 Å². The maximum Gasteiger partial charge on any atom is 0.270 e. The fourth-order valence-corrected chi connectivity index (χ4v) is 4.47. The van der Waals surface area contributed by atoms with E-state index in [0.717, 1.165) is 11.4 Å². The zero-order chi connectivity index (χ0) is 21.6. The second kappa shape index (κ2) is 10.0. The van der Waals surface area contributed by atoms with Gasteiger partial charge in [0, 0.05) is 10.6 Å². The van der Waals surface area contributed by atoms with E-state index in [1.54, 1.807) is 24.3 Å². The molecule has 31 heavy (non-hydrogen) atoms. The quantitative estimate of drug-likeness (QED) is 0.235. The third-order valence-electron chi connectivity index (χ3n) is 4.42. The van der Waals surface area contributed by atoms with Gasteiger partial charge in [0.05, 0.1) is 10.6 Å². The highest BCUT2D eigenvalue weighted by Crippen LogP contribution is 2.37. The van der Waals surface area contributed by atoms with Crippen molar-refractivity contribution in [3.8, 4) is 11.5 Å². The molecule has 0 aromatic heterocycles. The Morgan fingerprint density at radius 1 is 0.935 bits per heavy atom. The van der Waals surface area contributed by atoms with Crippen molar-refractivity contribution in [1.82, 2.24) is 0 Å². The lowest BCUT2D eigenvalue weighted by molar-refractivity contribution is -0.113. The van der Waals surface area contributed by atoms with Crippen molar-refractivity contribution in [2.24, 2.45) is 0 Å². The monoisotopic (exact) mass is 467 g/mol. The van der Waals surface area contributed by atoms with E-state index in [2.05, 4.69) is 0 Å². The summed E-state index contributed by atoms with van der Waals surface area (Å²) < 4.78 is 12.1. The summed E-state index contributed by atoms with van der Waals surface area (Å²) in [6, 6.07) is 24.2. The summed E-state index contributed by atoms with van der Waals surface area (Å²) in [6.45, 7) is 0.741. The maximum absolute atomic E-state index is 13.0. The Hall–Kier alpha value is -2.80. The first-order chi connectivity index (χ1) is 15.1. The van der Waals surface area contributed by atoms with Crippen molar-refractivity contribution < 1.29 is 14.3 Å². The third-order valence-corrected chi connectivity index (χ3v) is 5.96. The van der Waals surface area contributed by atoms with E-state index in [4.69, 9.17) is 33.3 Å². The zero-order valence-electron chi connectivity index (χ0n) is 16.4. The number of rotatable bonds is 7. The molecular weight excluding hydrogens is 450 g/mol. The lowest BCUT2D eigenvalue weighted by atomic mass is 10.1. The molecule has 1 fully saturated rings. The van der Waals surface area contributed by atoms with E-state index in [9.17, 15) is 4.79 Å². The van der Waals surface area contributed by atoms with Crippen LogP contribution in [-0.4, -0.2) is 23.4 Å². The summed E-state index contributed by atoms with van der Waals surface area (Å²) >= 11 is 12.9. The Kier molecular flexibility index (Phi) is 6.92. The molecule has 1 aliphatic heterocycles. The number of hydrogen-bond donors (Lipinski definition) is 0. The molecule has 0 unspecified atom stereocenters. The van der Waals surface area contributed by atoms with E-state index < -0.39 is 0 Å². The predicted octanol–water partition coefficient (Wildman–Crippen LogP) is 6.20. The van der Waals surface area contributed by atoms with Crippen LogP contribution in [0.1, 0.15) is 5.56 Å². The van der Waals surface area contributed by atoms with E-state index in [-0.39, 0.29) is 5.91 Å². The highest BCUT2D eigenvalue weighted by Gasteiger charge is 2.33. The minimum Gasteiger partial charge on any atom is -0.490 e. The van der Waals surface area contributed by atoms with Gasteiger partial charge in [-0.1, -0.05) is 72.0 Å². The smallest absolute Gasteiger partial charge is 0.270 e. The molecule has 0 N–H and O–H groups in total. The van der Waals surface area contributed by atoms with Gasteiger partial charge in [0.1, 0.15) is 24.7 Å². The van der Waals surface area contributed by atoms with Crippen LogP contribution in [0.15, 0.2) is 83.8 Å². The van der Waals surface area contributed by atoms with Crippen LogP contribution < -0.4 is 14.4 Å². The molecule has 156 valence electrons. The number of para-hydroxylation sites is 2. The molecule has 1 amide bonds. The normalized spacial score (nSPS) is 14.9. The van der Waals surface area contributed by atoms with Crippen LogP contribution in [0.25, 0.3) is 6.08 Å². The van der Waals surface area contributed by atoms with Crippen LogP contribution in [0.2, 0.25) is 5.02 Å². The number of thiocarbonyl (C=S) groups is 1. The number of anilines is 1. The molecule has 1 aliphatic rings. The van der Waals surface area contributed by atoms with E-state index in [1.807, 2.05) is 60.7 Å². The van der Waals surface area contributed by atoms with Crippen molar-refractivity contribution in [3.63, 3.8) is 0 Å². The van der Waals surface area contributed by atoms with Gasteiger partial charge in [-0.15, -0.1) is 0 Å². The number of ether oxygens (including phenoxy) is 2. The molecule has 0 radical (unpaired) electrons. The molecular formula is C24H18ClNO3S2. The first-order valence-electron chi connectivity index (χ1n) is 9.55. The second-order valence-electron chi connectivity index (χ2n) is 6.54. The number of thioether (sulfide) groups is 1. The number of nitrogens with zero attached hydrogens (tertiary/aromatic N) is 1. The molecule has 4 rings (SSSR count). The van der Waals surface area contributed by atoms with Gasteiger partial charge >= 0.3 is 0 Å². The predicted molar refractivity (Wildman–Crippen MR) is 131 cm³/mol. The Bertz CT molecular complexity index is 1120. The van der Waals surface area contributed by atoms with Crippen LogP contribution in [0, 0.1) is 0 Å². The maximum atomic E-state index is 13.0. The van der Waals surface area contributed by atoms with E-state index in [0.29, 0.717) is 38.8 Å². The van der Waals surface area contributed by atoms with Gasteiger partial charge < -0.3 is 9.47 Å². The lowest BCUT2D eigenvalue weighted by Gasteiger charge is -2.14. The molecule has 0 atom stereocenters. The number of hydrogen-bond acceptors (Lipinski definition) is 5. The zero-order valence-corrected chi connectivity index (χ0v) is 18.8. The van der Waals surface area contributed by atoms with Gasteiger partial charge in [0.25, 0.3) is 5.91 Å². The summed E-state index contributed by atoms with van der Waals surface area (Å²) in [5, 5.41) is 0.553. The second-order valence-corrected chi connectivity index (χ2v) is 8.66. The summed E-state index contributed by atoms with van der Waals surface area (Å²) in [7, 11) is 0. The molecule has 1 heterocycles. The van der Waals surface area contributed by atoms with Crippen LogP contribution in [0.5, 0.6) is 11.5 Å². The van der Waals surface area contributed by atoms with Crippen LogP contribution in [0.4, 0.5) is 5.69 Å². The number of carbonyl (C=O) groups is 1. The van der Waals surface area contributed by atoms with Crippen LogP contribution in [-0.2, 0) is 4.79 Å². The molecule has 0 saturated carbocycles.